The van der Waals surface area contributed by atoms with Crippen molar-refractivity contribution in [2.45, 2.75) is 25.1 Å². The van der Waals surface area contributed by atoms with Crippen LogP contribution in [0.4, 0.5) is 0 Å². The molecule has 1 aromatic carbocycles. The van der Waals surface area contributed by atoms with Gasteiger partial charge in [0.15, 0.2) is 4.30 Å². The Kier molecular flexibility index (Phi) is 50.9. The molecular formula is C17H33Cl3O6S. The minimum absolute atomic E-state index is 0.122. The van der Waals surface area contributed by atoms with E-state index in [1.165, 1.54) is 5.56 Å². The van der Waals surface area contributed by atoms with Crippen LogP contribution < -0.4 is 0 Å². The first-order valence-corrected chi connectivity index (χ1v) is 10.8. The second-order valence-corrected chi connectivity index (χ2v) is 7.66. The van der Waals surface area contributed by atoms with Crippen molar-refractivity contribution >= 4 is 51.9 Å². The van der Waals surface area contributed by atoms with Crippen LogP contribution in [-0.4, -0.2) is 69.6 Å². The van der Waals surface area contributed by atoms with Crippen LogP contribution in [0.3, 0.4) is 0 Å². The highest BCUT2D eigenvalue weighted by Gasteiger charge is 1.79. The number of aryl methyl sites for hydroxylation is 1. The molecule has 1 aromatic rings. The molecule has 0 saturated carbocycles. The van der Waals surface area contributed by atoms with Gasteiger partial charge in [-0.2, -0.15) is 0 Å². The van der Waals surface area contributed by atoms with Gasteiger partial charge in [-0.05, 0) is 13.8 Å². The van der Waals surface area contributed by atoms with Gasteiger partial charge in [0.1, 0.15) is 0 Å². The Labute approximate surface area is 181 Å². The van der Waals surface area contributed by atoms with Crippen LogP contribution in [0.25, 0.3) is 0 Å². The highest BCUT2D eigenvalue weighted by Crippen LogP contribution is 2.03. The molecule has 0 aliphatic carbocycles. The number of hydrogen-bond acceptors (Lipinski definition) is 5. The summed E-state index contributed by atoms with van der Waals surface area (Å²) in [6.07, 6.45) is 3.28. The number of alkyl halides is 3. The van der Waals surface area contributed by atoms with Crippen molar-refractivity contribution in [3.8, 4) is 0 Å². The van der Waals surface area contributed by atoms with Crippen molar-refractivity contribution in [3.05, 3.63) is 35.9 Å². The lowest BCUT2D eigenvalue weighted by atomic mass is 10.2. The lowest BCUT2D eigenvalue weighted by Crippen LogP contribution is -1.91. The largest absolute Gasteiger partial charge is 0.617 e. The Morgan fingerprint density at radius 3 is 1.52 bits per heavy atom. The molecule has 0 aromatic heterocycles. The van der Waals surface area contributed by atoms with Gasteiger partial charge in [0.25, 0.3) is 5.97 Å². The van der Waals surface area contributed by atoms with Gasteiger partial charge in [0.05, 0.1) is 25.7 Å². The van der Waals surface area contributed by atoms with Gasteiger partial charge in [-0.15, -0.1) is 0 Å². The van der Waals surface area contributed by atoms with Crippen LogP contribution in [0.5, 0.6) is 0 Å². The number of carbonyl (C=O) groups is 1. The molecular weight excluding hydrogens is 439 g/mol. The maximum Gasteiger partial charge on any atom is 0.300 e. The Balaban J connectivity index is -0.0000000738. The third kappa shape index (κ3) is 153. The third-order valence-corrected chi connectivity index (χ3v) is 1.24. The fourth-order valence-corrected chi connectivity index (χ4v) is 0.626. The van der Waals surface area contributed by atoms with Crippen LogP contribution in [0.15, 0.2) is 30.3 Å². The minimum atomic E-state index is -0.833. The number of methoxy groups -OCH3 is 1. The molecule has 0 saturated heterocycles. The molecule has 3 N–H and O–H groups in total. The van der Waals surface area contributed by atoms with Gasteiger partial charge in [0.2, 0.25) is 0 Å². The zero-order valence-electron chi connectivity index (χ0n) is 16.7. The highest BCUT2D eigenvalue weighted by molar-refractivity contribution is 7.89. The zero-order valence-corrected chi connectivity index (χ0v) is 19.8. The summed E-state index contributed by atoms with van der Waals surface area (Å²) >= 11 is 13.8. The zero-order chi connectivity index (χ0) is 22.7. The predicted molar refractivity (Wildman–Crippen MR) is 118 cm³/mol. The van der Waals surface area contributed by atoms with E-state index < -0.39 is 21.4 Å². The molecule has 0 amide bonds. The summed E-state index contributed by atoms with van der Waals surface area (Å²) in [7, 11) is 1.55. The first-order chi connectivity index (χ1) is 12.4. The van der Waals surface area contributed by atoms with Gasteiger partial charge >= 0.3 is 0 Å². The number of carboxylic acids is 1. The molecule has 0 fully saturated rings. The Hall–Kier alpha value is -0.250. The number of aliphatic hydroxyl groups excluding tert-OH is 2. The van der Waals surface area contributed by atoms with Crippen molar-refractivity contribution < 1.29 is 29.4 Å². The van der Waals surface area contributed by atoms with Gasteiger partial charge in [-0.1, -0.05) is 81.9 Å². The van der Waals surface area contributed by atoms with E-state index in [1.807, 2.05) is 18.2 Å². The van der Waals surface area contributed by atoms with E-state index >= 15 is 0 Å². The fourth-order valence-electron chi connectivity index (χ4n) is 0.626. The summed E-state index contributed by atoms with van der Waals surface area (Å²) in [4.78, 5) is 9.00. The van der Waals surface area contributed by atoms with Crippen molar-refractivity contribution in [2.75, 3.05) is 39.4 Å². The lowest BCUT2D eigenvalue weighted by molar-refractivity contribution is -0.134. The number of aliphatic carboxylic acids is 1. The second kappa shape index (κ2) is 36.6. The number of benzene rings is 1. The van der Waals surface area contributed by atoms with Crippen molar-refractivity contribution in [1.82, 2.24) is 0 Å². The first-order valence-electron chi connectivity index (χ1n) is 7.51. The smallest absolute Gasteiger partial charge is 0.300 e. The molecule has 0 aliphatic heterocycles. The van der Waals surface area contributed by atoms with E-state index in [2.05, 4.69) is 23.8 Å². The minimum Gasteiger partial charge on any atom is -0.617 e. The average Bonchev–Trinajstić information content (AvgIpc) is 2.48. The maximum atomic E-state index is 9.56. The SMILES string of the molecule is CC(=O)O.CCO.COCCO.C[S+](C)[O-].Cc1ccccc1.ClC(Cl)Cl. The summed E-state index contributed by atoms with van der Waals surface area (Å²) in [5.74, 6) is -0.833. The molecule has 0 heterocycles. The van der Waals surface area contributed by atoms with Gasteiger partial charge < -0.3 is 24.6 Å². The molecule has 164 valence electrons. The van der Waals surface area contributed by atoms with Gasteiger partial charge in [-0.25, -0.2) is 0 Å². The van der Waals surface area contributed by atoms with E-state index in [1.54, 1.807) is 26.5 Å². The molecule has 27 heavy (non-hydrogen) atoms. The number of ether oxygens (including phenoxy) is 1. The Morgan fingerprint density at radius 1 is 1.19 bits per heavy atom. The lowest BCUT2D eigenvalue weighted by Gasteiger charge is -1.87. The van der Waals surface area contributed by atoms with Crippen LogP contribution in [0.1, 0.15) is 19.4 Å². The predicted octanol–water partition coefficient (Wildman–Crippen LogP) is 3.69. The summed E-state index contributed by atoms with van der Waals surface area (Å²) < 4.78 is 13.2. The normalized spacial score (nSPS) is 8.07. The molecule has 0 unspecified atom stereocenters. The quantitative estimate of drug-likeness (QED) is 0.448. The molecule has 10 heteroatoms. The van der Waals surface area contributed by atoms with Crippen molar-refractivity contribution in [1.29, 1.82) is 0 Å². The second-order valence-electron chi connectivity index (χ2n) is 4.20. The van der Waals surface area contributed by atoms with E-state index in [4.69, 9.17) is 54.9 Å². The monoisotopic (exact) mass is 470 g/mol. The van der Waals surface area contributed by atoms with E-state index in [0.717, 1.165) is 6.92 Å². The Bertz CT molecular complexity index is 340. The fraction of sp³-hybridized carbons (Fsp3) is 0.588. The maximum absolute atomic E-state index is 9.56. The molecule has 1 rings (SSSR count). The molecule has 0 atom stereocenters. The highest BCUT2D eigenvalue weighted by atomic mass is 35.6. The summed E-state index contributed by atoms with van der Waals surface area (Å²) in [6.45, 7) is 5.66. The van der Waals surface area contributed by atoms with Crippen LogP contribution in [0.2, 0.25) is 0 Å². The van der Waals surface area contributed by atoms with E-state index in [0.29, 0.717) is 6.61 Å². The molecule has 0 radical (unpaired) electrons. The number of rotatable bonds is 2. The van der Waals surface area contributed by atoms with Gasteiger partial charge in [0, 0.05) is 20.6 Å². The van der Waals surface area contributed by atoms with Gasteiger partial charge in [-0.3, -0.25) is 4.79 Å². The Morgan fingerprint density at radius 2 is 1.44 bits per heavy atom. The topological polar surface area (TPSA) is 110 Å². The molecule has 6 nitrogen and oxygen atoms in total. The molecule has 0 bridgehead atoms. The number of hydrogen-bond donors (Lipinski definition) is 3. The third-order valence-electron chi connectivity index (χ3n) is 1.24. The summed E-state index contributed by atoms with van der Waals surface area (Å²) in [6, 6.07) is 10.3. The standard InChI is InChI=1S/C7H8.C3H8O2.C2H4O2.C2H6OS.C2H6O.CHCl3/c1-7-5-3-2-4-6-7;1-5-3-2-4;1-2(3)4;1-4(2)3;1-2-3;2-1(3)4/h2-6H,1H3;4H,2-3H2,1H3;1H3,(H,3,4);1-2H3;3H,2H2,1H3;1H. The van der Waals surface area contributed by atoms with E-state index in [-0.39, 0.29) is 13.2 Å². The van der Waals surface area contributed by atoms with Crippen molar-refractivity contribution in [3.63, 3.8) is 0 Å². The summed E-state index contributed by atoms with van der Waals surface area (Å²) in [5, 5.41) is 22.9. The number of carboxylic acid groups (broad SMARTS) is 1. The summed E-state index contributed by atoms with van der Waals surface area (Å²) in [5.41, 5.74) is 1.32. The van der Waals surface area contributed by atoms with Crippen LogP contribution in [0, 0.1) is 6.92 Å². The van der Waals surface area contributed by atoms with Crippen LogP contribution in [-0.2, 0) is 20.7 Å². The molecule has 0 aliphatic rings. The van der Waals surface area contributed by atoms with E-state index in [9.17, 15) is 4.55 Å². The van der Waals surface area contributed by atoms with Crippen LogP contribution >= 0.6 is 34.8 Å². The first kappa shape index (κ1) is 37.5. The number of aliphatic hydroxyl groups is 2. The average molecular weight is 472 g/mol. The van der Waals surface area contributed by atoms with Crippen molar-refractivity contribution in [2.24, 2.45) is 0 Å². The number of halogens is 3. The molecule has 0 spiro atoms.